The molecular weight excluding hydrogens is 500 g/mol. The molecule has 2 bridgehead atoms. The summed E-state index contributed by atoms with van der Waals surface area (Å²) >= 11 is 0. The Labute approximate surface area is 233 Å². The molecule has 0 radical (unpaired) electrons. The Bertz CT molecular complexity index is 937. The topological polar surface area (TPSA) is 107 Å². The van der Waals surface area contributed by atoms with Gasteiger partial charge in [0, 0.05) is 19.6 Å². The molecule has 2 N–H and O–H groups in total. The van der Waals surface area contributed by atoms with Crippen molar-refractivity contribution < 1.29 is 38.7 Å². The number of carbonyl (C=O) groups excluding carboxylic acids is 1. The van der Waals surface area contributed by atoms with E-state index >= 15 is 0 Å². The number of cyclic esters (lactones) is 1. The van der Waals surface area contributed by atoms with Crippen LogP contribution in [-0.2, 0) is 28.5 Å². The van der Waals surface area contributed by atoms with Crippen molar-refractivity contribution in [3.8, 4) is 0 Å². The monoisotopic (exact) mass is 546 g/mol. The summed E-state index contributed by atoms with van der Waals surface area (Å²) in [6.07, 6.45) is 13.2. The molecule has 39 heavy (non-hydrogen) atoms. The van der Waals surface area contributed by atoms with Gasteiger partial charge in [-0.2, -0.15) is 0 Å². The smallest absolute Gasteiger partial charge is 0.330 e. The fourth-order valence-electron chi connectivity index (χ4n) is 5.29. The highest BCUT2D eigenvalue weighted by molar-refractivity contribution is 5.82. The molecule has 1 fully saturated rings. The number of ether oxygens (including phenoxy) is 5. The quantitative estimate of drug-likeness (QED) is 0.308. The molecule has 0 unspecified atom stereocenters. The first-order valence-corrected chi connectivity index (χ1v) is 13.7. The van der Waals surface area contributed by atoms with Gasteiger partial charge in [0.15, 0.2) is 0 Å². The second-order valence-electron chi connectivity index (χ2n) is 10.7. The normalized spacial score (nSPS) is 37.9. The van der Waals surface area contributed by atoms with Gasteiger partial charge in [0.25, 0.3) is 0 Å². The predicted octanol–water partition coefficient (Wildman–Crippen LogP) is 4.12. The number of epoxide rings is 1. The summed E-state index contributed by atoms with van der Waals surface area (Å²) in [5.41, 5.74) is 2.19. The van der Waals surface area contributed by atoms with Gasteiger partial charge in [0.2, 0.25) is 0 Å². The number of aliphatic hydroxyl groups is 2. The summed E-state index contributed by atoms with van der Waals surface area (Å²) < 4.78 is 28.9. The van der Waals surface area contributed by atoms with Gasteiger partial charge in [-0.05, 0) is 45.4 Å². The zero-order valence-corrected chi connectivity index (χ0v) is 22.4. The van der Waals surface area contributed by atoms with E-state index in [9.17, 15) is 15.0 Å². The van der Waals surface area contributed by atoms with Gasteiger partial charge in [-0.1, -0.05) is 61.6 Å². The number of hydrogen-bond acceptors (Lipinski definition) is 8. The Kier molecular flexibility index (Phi) is 12.2. The summed E-state index contributed by atoms with van der Waals surface area (Å²) in [5.74, 6) is -0.548. The van der Waals surface area contributed by atoms with Gasteiger partial charge in [-0.3, -0.25) is 0 Å². The molecule has 1 saturated heterocycles. The lowest BCUT2D eigenvalue weighted by Gasteiger charge is -2.31. The van der Waals surface area contributed by atoms with E-state index in [0.717, 1.165) is 31.3 Å². The minimum atomic E-state index is -1.04. The number of rotatable bonds is 4. The molecule has 9 atom stereocenters. The van der Waals surface area contributed by atoms with Crippen LogP contribution in [0.2, 0.25) is 0 Å². The van der Waals surface area contributed by atoms with Crippen LogP contribution in [-0.4, -0.2) is 84.8 Å². The molecule has 0 saturated carbocycles. The van der Waals surface area contributed by atoms with Crippen molar-refractivity contribution in [3.05, 3.63) is 60.3 Å². The number of carbonyl (C=O) groups is 1. The molecule has 218 valence electrons. The number of aliphatic hydroxyl groups excluding tert-OH is 2. The second kappa shape index (κ2) is 15.1. The van der Waals surface area contributed by atoms with Crippen LogP contribution in [0.15, 0.2) is 60.3 Å². The molecule has 0 aromatic rings. The summed E-state index contributed by atoms with van der Waals surface area (Å²) in [4.78, 5) is 12.7. The molecule has 4 aliphatic rings. The fourth-order valence-corrected chi connectivity index (χ4v) is 5.29. The fraction of sp³-hybridized carbons (Fsp3) is 0.645. The lowest BCUT2D eigenvalue weighted by molar-refractivity contribution is -0.148. The van der Waals surface area contributed by atoms with E-state index in [1.54, 1.807) is 19.3 Å². The van der Waals surface area contributed by atoms with Gasteiger partial charge < -0.3 is 33.9 Å². The molecule has 4 aliphatic heterocycles. The standard InChI is InChI=1S/C30H42O8.CH4/c1-19-6-4-8-26-25(34-3)13-11-21(36-26)7-5-9-29(33)37-27(18-28-30(38-28)24(32)17-19)23(31)12-10-22-16-20(2)14-15-35-22;/h5,9-14,21-28,30-32H,1,4,6-8,15-18H2,2-3H3;1H4/b9-5-,12-10+;/t21-,22-,23+,24+,25+,26-,27+,28+,30+;/m1./s1. The Balaban J connectivity index is 0.00000420. The van der Waals surface area contributed by atoms with Gasteiger partial charge in [0.1, 0.15) is 24.4 Å². The highest BCUT2D eigenvalue weighted by atomic mass is 16.6. The zero-order chi connectivity index (χ0) is 27.1. The predicted molar refractivity (Wildman–Crippen MR) is 149 cm³/mol. The third-order valence-electron chi connectivity index (χ3n) is 7.54. The molecule has 0 aliphatic carbocycles. The number of fused-ring (bicyclic) bond motifs is 3. The Hall–Kier alpha value is -2.07. The van der Waals surface area contributed by atoms with Crippen LogP contribution in [0.3, 0.4) is 0 Å². The van der Waals surface area contributed by atoms with E-state index in [1.165, 1.54) is 11.6 Å². The lowest BCUT2D eigenvalue weighted by atomic mass is 9.96. The van der Waals surface area contributed by atoms with Gasteiger partial charge >= 0.3 is 5.97 Å². The Morgan fingerprint density at radius 2 is 2.03 bits per heavy atom. The van der Waals surface area contributed by atoms with Crippen molar-refractivity contribution in [1.29, 1.82) is 0 Å². The summed E-state index contributed by atoms with van der Waals surface area (Å²) in [5, 5.41) is 21.6. The average molecular weight is 547 g/mol. The minimum Gasteiger partial charge on any atom is -0.456 e. The van der Waals surface area contributed by atoms with Gasteiger partial charge in [-0.15, -0.1) is 0 Å². The van der Waals surface area contributed by atoms with Crippen LogP contribution in [0.1, 0.15) is 59.3 Å². The van der Waals surface area contributed by atoms with Crippen molar-refractivity contribution in [1.82, 2.24) is 0 Å². The third-order valence-corrected chi connectivity index (χ3v) is 7.54. The molecule has 0 spiro atoms. The van der Waals surface area contributed by atoms with Crippen molar-refractivity contribution in [2.75, 3.05) is 13.7 Å². The molecule has 0 aromatic heterocycles. The van der Waals surface area contributed by atoms with Crippen molar-refractivity contribution >= 4 is 5.97 Å². The maximum Gasteiger partial charge on any atom is 0.330 e. The van der Waals surface area contributed by atoms with Crippen molar-refractivity contribution in [2.45, 2.75) is 114 Å². The Morgan fingerprint density at radius 3 is 2.79 bits per heavy atom. The largest absolute Gasteiger partial charge is 0.456 e. The number of esters is 1. The second-order valence-corrected chi connectivity index (χ2v) is 10.7. The molecule has 4 heterocycles. The van der Waals surface area contributed by atoms with E-state index < -0.39 is 24.3 Å². The average Bonchev–Trinajstić information content (AvgIpc) is 3.66. The summed E-state index contributed by atoms with van der Waals surface area (Å²) in [6.45, 7) is 6.73. The first-order valence-electron chi connectivity index (χ1n) is 13.7. The summed E-state index contributed by atoms with van der Waals surface area (Å²) in [6, 6.07) is 0. The highest BCUT2D eigenvalue weighted by Gasteiger charge is 2.46. The van der Waals surface area contributed by atoms with E-state index in [-0.39, 0.29) is 50.5 Å². The zero-order valence-electron chi connectivity index (χ0n) is 22.4. The van der Waals surface area contributed by atoms with Crippen LogP contribution in [0.4, 0.5) is 0 Å². The number of methoxy groups -OCH3 is 1. The number of hydrogen-bond donors (Lipinski definition) is 2. The summed E-state index contributed by atoms with van der Waals surface area (Å²) in [7, 11) is 1.67. The molecule has 4 rings (SSSR count). The van der Waals surface area contributed by atoms with Crippen LogP contribution >= 0.6 is 0 Å². The van der Waals surface area contributed by atoms with Gasteiger partial charge in [0.05, 0.1) is 37.1 Å². The van der Waals surface area contributed by atoms with E-state index in [2.05, 4.69) is 6.58 Å². The van der Waals surface area contributed by atoms with Crippen molar-refractivity contribution in [3.63, 3.8) is 0 Å². The van der Waals surface area contributed by atoms with E-state index in [4.69, 9.17) is 23.7 Å². The van der Waals surface area contributed by atoms with Crippen LogP contribution in [0.25, 0.3) is 0 Å². The van der Waals surface area contributed by atoms with Crippen LogP contribution in [0, 0.1) is 0 Å². The molecule has 8 nitrogen and oxygen atoms in total. The Morgan fingerprint density at radius 1 is 1.21 bits per heavy atom. The molecule has 0 aromatic carbocycles. The molecular formula is C31H46O8. The third kappa shape index (κ3) is 9.52. The van der Waals surface area contributed by atoms with Gasteiger partial charge in [-0.25, -0.2) is 4.79 Å². The first kappa shape index (κ1) is 31.5. The first-order chi connectivity index (χ1) is 18.3. The lowest BCUT2D eigenvalue weighted by Crippen LogP contribution is -2.36. The SMILES string of the molecule is C.C=C1CCC[C@H]2O[C@@H](C=C[C@@H]2OC)C/C=C\C(=O)O[C@H]([C@@H](O)/C=C/[C@@H]2CC(C)=CCO2)C[C@@H]2O[C@H]2[C@@H](O)C1. The molecule has 8 heteroatoms. The maximum atomic E-state index is 12.7. The maximum absolute atomic E-state index is 12.7. The molecule has 0 amide bonds. The van der Waals surface area contributed by atoms with E-state index in [0.29, 0.717) is 19.4 Å². The van der Waals surface area contributed by atoms with Crippen LogP contribution in [0.5, 0.6) is 0 Å². The minimum absolute atomic E-state index is 0. The van der Waals surface area contributed by atoms with E-state index in [1.807, 2.05) is 31.2 Å². The van der Waals surface area contributed by atoms with Crippen LogP contribution < -0.4 is 0 Å². The highest BCUT2D eigenvalue weighted by Crippen LogP contribution is 2.34. The van der Waals surface area contributed by atoms with Crippen molar-refractivity contribution in [2.24, 2.45) is 0 Å².